The van der Waals surface area contributed by atoms with E-state index in [0.29, 0.717) is 17.5 Å². The van der Waals surface area contributed by atoms with Crippen molar-refractivity contribution in [1.29, 1.82) is 0 Å². The van der Waals surface area contributed by atoms with Gasteiger partial charge in [-0.15, -0.1) is 0 Å². The smallest absolute Gasteiger partial charge is 0.251 e. The number of carbonyl (C=O) groups is 1. The quantitative estimate of drug-likeness (QED) is 0.248. The molecule has 1 aliphatic rings. The maximum absolute atomic E-state index is 12.4. The molecule has 5 aromatic rings. The first-order valence-electron chi connectivity index (χ1n) is 13.2. The largest absolute Gasteiger partial charge is 0.367 e. The van der Waals surface area contributed by atoms with E-state index in [0.717, 1.165) is 53.4 Å². The van der Waals surface area contributed by atoms with Crippen molar-refractivity contribution in [2.45, 2.75) is 32.7 Å². The minimum Gasteiger partial charge on any atom is -0.367 e. The Morgan fingerprint density at radius 3 is 2.24 bits per heavy atom. The van der Waals surface area contributed by atoms with E-state index >= 15 is 0 Å². The third-order valence-corrected chi connectivity index (χ3v) is 6.81. The van der Waals surface area contributed by atoms with E-state index in [1.807, 2.05) is 42.7 Å². The monoisotopic (exact) mass is 501 g/mol. The van der Waals surface area contributed by atoms with Crippen LogP contribution in [-0.4, -0.2) is 32.9 Å². The van der Waals surface area contributed by atoms with Crippen LogP contribution < -0.4 is 10.6 Å². The van der Waals surface area contributed by atoms with Crippen LogP contribution in [0.15, 0.2) is 91.3 Å². The van der Waals surface area contributed by atoms with Crippen LogP contribution in [0.5, 0.6) is 0 Å². The molecule has 1 aliphatic carbocycles. The molecular formula is C32H31N5O. The molecule has 0 bridgehead atoms. The summed E-state index contributed by atoms with van der Waals surface area (Å²) in [6.07, 6.45) is 6.07. The number of amides is 1. The number of nitrogens with one attached hydrogen (secondary N) is 2. The molecule has 2 heterocycles. The van der Waals surface area contributed by atoms with Crippen LogP contribution in [0.4, 0.5) is 5.82 Å². The van der Waals surface area contributed by atoms with Crippen molar-refractivity contribution >= 4 is 17.4 Å². The number of imidazole rings is 1. The van der Waals surface area contributed by atoms with Gasteiger partial charge >= 0.3 is 0 Å². The number of aromatic nitrogens is 3. The fraction of sp³-hybridized carbons (Fsp3) is 0.219. The van der Waals surface area contributed by atoms with Gasteiger partial charge < -0.3 is 10.6 Å². The minimum atomic E-state index is -0.0113. The van der Waals surface area contributed by atoms with Gasteiger partial charge in [0.1, 0.15) is 0 Å². The molecule has 6 heteroatoms. The molecule has 0 aliphatic heterocycles. The highest BCUT2D eigenvalue weighted by Gasteiger charge is 2.23. The number of benzene rings is 3. The Morgan fingerprint density at radius 1 is 0.895 bits per heavy atom. The highest BCUT2D eigenvalue weighted by Crippen LogP contribution is 2.30. The predicted molar refractivity (Wildman–Crippen MR) is 153 cm³/mol. The van der Waals surface area contributed by atoms with Crippen LogP contribution in [0.3, 0.4) is 0 Å². The van der Waals surface area contributed by atoms with Gasteiger partial charge in [-0.25, -0.2) is 9.97 Å². The Labute approximate surface area is 222 Å². The van der Waals surface area contributed by atoms with E-state index in [9.17, 15) is 4.79 Å². The second-order valence-corrected chi connectivity index (χ2v) is 10.4. The maximum atomic E-state index is 12.4. The molecule has 190 valence electrons. The Morgan fingerprint density at radius 2 is 1.55 bits per heavy atom. The van der Waals surface area contributed by atoms with E-state index in [1.54, 1.807) is 0 Å². The maximum Gasteiger partial charge on any atom is 0.251 e. The highest BCUT2D eigenvalue weighted by molar-refractivity contribution is 5.95. The van der Waals surface area contributed by atoms with Crippen molar-refractivity contribution in [3.8, 4) is 33.6 Å². The summed E-state index contributed by atoms with van der Waals surface area (Å²) < 4.78 is 2.09. The van der Waals surface area contributed by atoms with Gasteiger partial charge in [0, 0.05) is 35.5 Å². The SMILES string of the molecule is CC(C)CNc1nc(-c2ccc(-c3ccccc3)cc2)cn2c(-c3ccc(C(=O)NC4CC4)cc3)cnc12. The Bertz CT molecular complexity index is 1570. The summed E-state index contributed by atoms with van der Waals surface area (Å²) in [6, 6.07) is 27.0. The summed E-state index contributed by atoms with van der Waals surface area (Å²) >= 11 is 0. The lowest BCUT2D eigenvalue weighted by molar-refractivity contribution is 0.0951. The second-order valence-electron chi connectivity index (χ2n) is 10.4. The Kier molecular flexibility index (Phi) is 6.38. The minimum absolute atomic E-state index is 0.0113. The zero-order chi connectivity index (χ0) is 26.1. The molecule has 6 rings (SSSR count). The molecule has 1 saturated carbocycles. The van der Waals surface area contributed by atoms with E-state index in [1.165, 1.54) is 11.1 Å². The standard InChI is InChI=1S/C32H31N5O/c1-21(2)18-33-30-31-34-19-29(25-12-14-26(15-13-25)32(38)35-27-16-17-27)37(31)20-28(36-30)24-10-8-23(9-11-24)22-6-4-3-5-7-22/h3-15,19-21,27H,16-18H2,1-2H3,(H,33,36)(H,35,38). The first kappa shape index (κ1) is 23.9. The van der Waals surface area contributed by atoms with Gasteiger partial charge in [-0.05, 0) is 42.0 Å². The van der Waals surface area contributed by atoms with E-state index < -0.39 is 0 Å². The molecule has 2 aromatic heterocycles. The molecule has 0 saturated heterocycles. The number of nitrogens with zero attached hydrogens (tertiary/aromatic N) is 3. The number of anilines is 1. The number of hydrogen-bond donors (Lipinski definition) is 2. The topological polar surface area (TPSA) is 71.3 Å². The molecule has 1 amide bonds. The van der Waals surface area contributed by atoms with Gasteiger partial charge in [0.25, 0.3) is 5.91 Å². The lowest BCUT2D eigenvalue weighted by Gasteiger charge is -2.13. The van der Waals surface area contributed by atoms with Crippen LogP contribution >= 0.6 is 0 Å². The molecule has 1 fully saturated rings. The van der Waals surface area contributed by atoms with Crippen LogP contribution in [-0.2, 0) is 0 Å². The summed E-state index contributed by atoms with van der Waals surface area (Å²) in [5.41, 5.74) is 7.65. The first-order chi connectivity index (χ1) is 18.5. The zero-order valence-corrected chi connectivity index (χ0v) is 21.7. The summed E-state index contributed by atoms with van der Waals surface area (Å²) in [5.74, 6) is 1.22. The van der Waals surface area contributed by atoms with Gasteiger partial charge in [-0.3, -0.25) is 9.20 Å². The number of rotatable bonds is 8. The lowest BCUT2D eigenvalue weighted by Crippen LogP contribution is -2.25. The van der Waals surface area contributed by atoms with Gasteiger partial charge in [0.2, 0.25) is 0 Å². The summed E-state index contributed by atoms with van der Waals surface area (Å²) in [4.78, 5) is 22.1. The van der Waals surface area contributed by atoms with E-state index in [-0.39, 0.29) is 5.91 Å². The van der Waals surface area contributed by atoms with Crippen molar-refractivity contribution < 1.29 is 4.79 Å². The van der Waals surface area contributed by atoms with Crippen LogP contribution in [0, 0.1) is 5.92 Å². The molecule has 0 spiro atoms. The molecular weight excluding hydrogens is 470 g/mol. The predicted octanol–water partition coefficient (Wildman–Crippen LogP) is 6.69. The van der Waals surface area contributed by atoms with Crippen molar-refractivity contribution in [2.24, 2.45) is 5.92 Å². The first-order valence-corrected chi connectivity index (χ1v) is 13.2. The van der Waals surface area contributed by atoms with Gasteiger partial charge in [-0.2, -0.15) is 0 Å². The van der Waals surface area contributed by atoms with Crippen molar-refractivity contribution in [3.05, 3.63) is 96.8 Å². The molecule has 38 heavy (non-hydrogen) atoms. The van der Waals surface area contributed by atoms with E-state index in [2.05, 4.69) is 77.4 Å². The Hall–Kier alpha value is -4.45. The molecule has 0 atom stereocenters. The molecule has 0 unspecified atom stereocenters. The fourth-order valence-corrected chi connectivity index (χ4v) is 4.51. The van der Waals surface area contributed by atoms with Gasteiger partial charge in [0.15, 0.2) is 11.5 Å². The second kappa shape index (κ2) is 10.1. The van der Waals surface area contributed by atoms with Crippen LogP contribution in [0.2, 0.25) is 0 Å². The third-order valence-electron chi connectivity index (χ3n) is 6.81. The van der Waals surface area contributed by atoms with Crippen LogP contribution in [0.25, 0.3) is 39.3 Å². The van der Waals surface area contributed by atoms with E-state index in [4.69, 9.17) is 9.97 Å². The zero-order valence-electron chi connectivity index (χ0n) is 21.7. The molecule has 2 N–H and O–H groups in total. The van der Waals surface area contributed by atoms with Crippen molar-refractivity contribution in [3.63, 3.8) is 0 Å². The molecule has 6 nitrogen and oxygen atoms in total. The van der Waals surface area contributed by atoms with Crippen molar-refractivity contribution in [1.82, 2.24) is 19.7 Å². The number of carbonyl (C=O) groups excluding carboxylic acids is 1. The van der Waals surface area contributed by atoms with Gasteiger partial charge in [0.05, 0.1) is 17.6 Å². The fourth-order valence-electron chi connectivity index (χ4n) is 4.51. The summed E-state index contributed by atoms with van der Waals surface area (Å²) in [6.45, 7) is 5.15. The number of hydrogen-bond acceptors (Lipinski definition) is 4. The number of fused-ring (bicyclic) bond motifs is 1. The average Bonchev–Trinajstić information content (AvgIpc) is 3.67. The lowest BCUT2D eigenvalue weighted by atomic mass is 10.0. The molecule has 3 aromatic carbocycles. The molecule has 0 radical (unpaired) electrons. The third kappa shape index (κ3) is 5.02. The van der Waals surface area contributed by atoms with Gasteiger partial charge in [-0.1, -0.05) is 80.6 Å². The normalized spacial score (nSPS) is 13.1. The average molecular weight is 502 g/mol. The Balaban J connectivity index is 1.37. The summed E-state index contributed by atoms with van der Waals surface area (Å²) in [5, 5.41) is 6.55. The van der Waals surface area contributed by atoms with Crippen LogP contribution in [0.1, 0.15) is 37.0 Å². The summed E-state index contributed by atoms with van der Waals surface area (Å²) in [7, 11) is 0. The highest BCUT2D eigenvalue weighted by atomic mass is 16.1. The van der Waals surface area contributed by atoms with Crippen molar-refractivity contribution in [2.75, 3.05) is 11.9 Å².